The number of unbranched alkanes of at least 4 members (excludes halogenated alkanes) is 2. The molecule has 2 heterocycles. The first-order valence-electron chi connectivity index (χ1n) is 24.8. The van der Waals surface area contributed by atoms with Crippen LogP contribution in [0.5, 0.6) is 28.7 Å². The Balaban J connectivity index is 1.20. The lowest BCUT2D eigenvalue weighted by Crippen LogP contribution is -2.70. The van der Waals surface area contributed by atoms with E-state index in [2.05, 4.69) is 30.9 Å². The van der Waals surface area contributed by atoms with Crippen molar-refractivity contribution >= 4 is 17.5 Å². The molecule has 1 amide bonds. The number of aliphatic hydroxyl groups excluding tert-OH is 2. The summed E-state index contributed by atoms with van der Waals surface area (Å²) in [6.07, 6.45) is 7.71. The van der Waals surface area contributed by atoms with E-state index in [0.29, 0.717) is 52.9 Å². The van der Waals surface area contributed by atoms with Crippen LogP contribution >= 0.6 is 0 Å². The summed E-state index contributed by atoms with van der Waals surface area (Å²) in [5.41, 5.74) is 5.87. The van der Waals surface area contributed by atoms with Crippen molar-refractivity contribution in [3.8, 4) is 39.9 Å². The lowest BCUT2D eigenvalue weighted by atomic mass is 9.55. The number of carbonyl (C=O) groups is 1. The van der Waals surface area contributed by atoms with Crippen molar-refractivity contribution in [2.75, 3.05) is 33.2 Å². The molecule has 0 bridgehead atoms. The quantitative estimate of drug-likeness (QED) is 0.0290. The Kier molecular flexibility index (Phi) is 15.8. The molecule has 5 aromatic carbocycles. The first-order chi connectivity index (χ1) is 35.2. The van der Waals surface area contributed by atoms with E-state index in [4.69, 9.17) is 38.4 Å². The minimum absolute atomic E-state index is 0.0144. The summed E-state index contributed by atoms with van der Waals surface area (Å²) >= 11 is 0. The maximum absolute atomic E-state index is 14.7. The predicted molar refractivity (Wildman–Crippen MR) is 270 cm³/mol. The number of rotatable bonds is 22. The summed E-state index contributed by atoms with van der Waals surface area (Å²) in [5.74, 6) is 0.459. The third-order valence-electron chi connectivity index (χ3n) is 14.1. The molecular formula is C57H61N3O12. The number of amides is 1. The minimum Gasteiger partial charge on any atom is -0.459 e. The first-order valence-corrected chi connectivity index (χ1v) is 24.8. The van der Waals surface area contributed by atoms with Gasteiger partial charge in [-0.1, -0.05) is 78.7 Å². The fourth-order valence-electron chi connectivity index (χ4n) is 10.8. The minimum atomic E-state index is -1.56. The molecule has 0 saturated heterocycles. The van der Waals surface area contributed by atoms with Crippen LogP contribution < -0.4 is 18.9 Å². The molecule has 2 aliphatic carbocycles. The second-order valence-electron chi connectivity index (χ2n) is 18.5. The number of fused-ring (bicyclic) bond motifs is 3. The van der Waals surface area contributed by atoms with Crippen LogP contribution in [-0.2, 0) is 27.5 Å². The second-order valence-corrected chi connectivity index (χ2v) is 18.5. The van der Waals surface area contributed by atoms with Crippen LogP contribution in [0.1, 0.15) is 74.5 Å². The molecule has 6 unspecified atom stereocenters. The summed E-state index contributed by atoms with van der Waals surface area (Å²) in [4.78, 5) is 33.6. The zero-order valence-corrected chi connectivity index (χ0v) is 40.4. The van der Waals surface area contributed by atoms with Crippen LogP contribution in [0.3, 0.4) is 0 Å². The van der Waals surface area contributed by atoms with Crippen molar-refractivity contribution in [3.63, 3.8) is 0 Å². The molecule has 5 aromatic rings. The van der Waals surface area contributed by atoms with Crippen LogP contribution in [-0.4, -0.2) is 76.9 Å². The molecule has 1 saturated carbocycles. The maximum Gasteiger partial charge on any atom is 0.410 e. The number of nitro groups is 1. The Morgan fingerprint density at radius 3 is 2.31 bits per heavy atom. The molecule has 72 heavy (non-hydrogen) atoms. The monoisotopic (exact) mass is 979 g/mol. The fourth-order valence-corrected chi connectivity index (χ4v) is 10.8. The van der Waals surface area contributed by atoms with E-state index < -0.39 is 28.8 Å². The van der Waals surface area contributed by atoms with Gasteiger partial charge in [0, 0.05) is 49.8 Å². The molecule has 9 rings (SSSR count). The van der Waals surface area contributed by atoms with Crippen LogP contribution in [0.15, 0.2) is 145 Å². The molecule has 4 aliphatic rings. The lowest BCUT2D eigenvalue weighted by molar-refractivity contribution is -0.384. The van der Waals surface area contributed by atoms with Gasteiger partial charge in [0.15, 0.2) is 11.5 Å². The third kappa shape index (κ3) is 10.7. The van der Waals surface area contributed by atoms with E-state index >= 15 is 0 Å². The highest BCUT2D eigenvalue weighted by atomic mass is 16.7. The third-order valence-corrected chi connectivity index (χ3v) is 14.1. The largest absolute Gasteiger partial charge is 0.459 e. The molecule has 6 atom stereocenters. The standard InChI is InChI=1S/C57H61N3O12/c1-3-30-69-57-53(59(56(63)66-4-2)35-39-18-26-51-52(31-39)68-37-67-51)34-49(58-70-36-38-16-21-43(22-17-38)60(64)65)47-32-42(14-8-10-28-61)46(15-9-11-29-62)54(55(47)57)48-33-45(25-27-50(48)72-57)71-44-23-19-41(20-24-44)40-12-6-5-7-13-40/h3,5-7,12-13,16-27,31-33,42,46,53-55,61-62H,1,4,8-11,14-15,28-30,34-37H2,2H3. The molecule has 2 N–H and O–H groups in total. The average Bonchev–Trinajstić information content (AvgIpc) is 3.88. The Morgan fingerprint density at radius 1 is 0.861 bits per heavy atom. The number of aliphatic hydroxyl groups is 2. The number of nitrogens with zero attached hydrogens (tertiary/aromatic N) is 3. The summed E-state index contributed by atoms with van der Waals surface area (Å²) in [6.45, 7) is 6.26. The Bertz CT molecular complexity index is 2750. The number of oxime groups is 1. The Hall–Kier alpha value is -7.20. The zero-order chi connectivity index (χ0) is 50.0. The van der Waals surface area contributed by atoms with Crippen molar-refractivity contribution in [1.29, 1.82) is 0 Å². The number of hydrogen-bond acceptors (Lipinski definition) is 13. The molecule has 15 heteroatoms. The van der Waals surface area contributed by atoms with Crippen LogP contribution in [0.2, 0.25) is 0 Å². The van der Waals surface area contributed by atoms with Gasteiger partial charge in [-0.2, -0.15) is 0 Å². The number of benzene rings is 5. The van der Waals surface area contributed by atoms with Crippen molar-refractivity contribution in [1.82, 2.24) is 4.90 Å². The van der Waals surface area contributed by atoms with Gasteiger partial charge in [0.1, 0.15) is 29.9 Å². The summed E-state index contributed by atoms with van der Waals surface area (Å²) < 4.78 is 38.5. The number of carbonyl (C=O) groups excluding carboxylic acids is 1. The summed E-state index contributed by atoms with van der Waals surface area (Å²) in [5, 5.41) is 36.5. The van der Waals surface area contributed by atoms with E-state index in [1.165, 1.54) is 12.1 Å². The van der Waals surface area contributed by atoms with Gasteiger partial charge in [-0.05, 0) is 127 Å². The van der Waals surface area contributed by atoms with E-state index in [0.717, 1.165) is 53.5 Å². The fraction of sp³-hybridized carbons (Fsp3) is 0.368. The van der Waals surface area contributed by atoms with Crippen molar-refractivity contribution in [2.45, 2.75) is 82.8 Å². The highest BCUT2D eigenvalue weighted by Gasteiger charge is 2.65. The molecular weight excluding hydrogens is 919 g/mol. The summed E-state index contributed by atoms with van der Waals surface area (Å²) in [6, 6.07) is 34.8. The molecule has 376 valence electrons. The van der Waals surface area contributed by atoms with Crippen LogP contribution in [0.25, 0.3) is 11.1 Å². The van der Waals surface area contributed by atoms with E-state index in [9.17, 15) is 25.1 Å². The second kappa shape index (κ2) is 22.9. The van der Waals surface area contributed by atoms with Gasteiger partial charge in [0.05, 0.1) is 29.8 Å². The molecule has 0 radical (unpaired) electrons. The van der Waals surface area contributed by atoms with E-state index in [1.807, 2.05) is 72.8 Å². The number of allylic oxidation sites excluding steroid dienone is 1. The first kappa shape index (κ1) is 49.8. The Labute approximate surface area is 419 Å². The van der Waals surface area contributed by atoms with Crippen molar-refractivity contribution in [3.05, 3.63) is 166 Å². The van der Waals surface area contributed by atoms with Gasteiger partial charge >= 0.3 is 6.09 Å². The van der Waals surface area contributed by atoms with Gasteiger partial charge in [-0.3, -0.25) is 15.0 Å². The van der Waals surface area contributed by atoms with Gasteiger partial charge in [-0.25, -0.2) is 4.79 Å². The number of ether oxygens (including phenoxy) is 6. The molecule has 0 spiro atoms. The van der Waals surface area contributed by atoms with E-state index in [1.54, 1.807) is 30.0 Å². The highest BCUT2D eigenvalue weighted by molar-refractivity contribution is 6.03. The van der Waals surface area contributed by atoms with E-state index in [-0.39, 0.29) is 76.2 Å². The topological polar surface area (TPSA) is 181 Å². The predicted octanol–water partition coefficient (Wildman–Crippen LogP) is 11.3. The number of non-ortho nitro benzene ring substituents is 1. The average molecular weight is 980 g/mol. The normalized spacial score (nSPS) is 21.9. The van der Waals surface area contributed by atoms with Crippen LogP contribution in [0.4, 0.5) is 10.5 Å². The lowest BCUT2D eigenvalue weighted by Gasteiger charge is -2.59. The van der Waals surface area contributed by atoms with Crippen molar-refractivity contribution in [2.24, 2.45) is 22.9 Å². The smallest absolute Gasteiger partial charge is 0.410 e. The summed E-state index contributed by atoms with van der Waals surface area (Å²) in [7, 11) is 0. The SMILES string of the molecule is C=CCOC12Oc3ccc(Oc4ccc(-c5ccccc5)cc4)cc3C3C(CCCCO)C(CCCCO)C=C(C(=NOCc4ccc([N+](=O)[O-])cc4)CC1N(Cc1ccc4c(c1)OCO4)C(=O)OCC)C32. The van der Waals surface area contributed by atoms with Gasteiger partial charge in [0.2, 0.25) is 12.6 Å². The molecule has 1 fully saturated rings. The zero-order valence-electron chi connectivity index (χ0n) is 40.4. The van der Waals surface area contributed by atoms with Gasteiger partial charge in [0.25, 0.3) is 5.69 Å². The molecule has 0 aromatic heterocycles. The maximum atomic E-state index is 14.7. The number of nitro benzene ring substituents is 1. The van der Waals surface area contributed by atoms with Gasteiger partial charge in [-0.15, -0.1) is 6.58 Å². The Morgan fingerprint density at radius 2 is 1.57 bits per heavy atom. The van der Waals surface area contributed by atoms with Gasteiger partial charge < -0.3 is 43.5 Å². The molecule has 2 aliphatic heterocycles. The molecule has 15 nitrogen and oxygen atoms in total. The van der Waals surface area contributed by atoms with Crippen molar-refractivity contribution < 1.29 is 53.2 Å². The van der Waals surface area contributed by atoms with Crippen LogP contribution in [0, 0.1) is 27.9 Å². The number of hydrogen-bond donors (Lipinski definition) is 2. The highest BCUT2D eigenvalue weighted by Crippen LogP contribution is 2.62.